The van der Waals surface area contributed by atoms with Crippen LogP contribution in [-0.2, 0) is 10.0 Å². The number of carbonyl (C=O) groups excluding carboxylic acids is 1. The summed E-state index contributed by atoms with van der Waals surface area (Å²) >= 11 is 24.3. The summed E-state index contributed by atoms with van der Waals surface area (Å²) < 4.78 is 27.9. The van der Waals surface area contributed by atoms with Crippen LogP contribution in [0.3, 0.4) is 0 Å². The molecule has 0 aliphatic rings. The van der Waals surface area contributed by atoms with Crippen LogP contribution in [0.15, 0.2) is 65.6 Å². The Morgan fingerprint density at radius 1 is 0.871 bits per heavy atom. The van der Waals surface area contributed by atoms with Crippen molar-refractivity contribution in [3.05, 3.63) is 86.3 Å². The molecule has 3 aromatic carbocycles. The molecular formula is C21H16Cl4N2O3S. The van der Waals surface area contributed by atoms with Crippen molar-refractivity contribution in [3.63, 3.8) is 0 Å². The molecule has 0 atom stereocenters. The van der Waals surface area contributed by atoms with Gasteiger partial charge < -0.3 is 5.32 Å². The van der Waals surface area contributed by atoms with Crippen LogP contribution in [0.25, 0.3) is 0 Å². The normalized spacial score (nSPS) is 11.3. The minimum absolute atomic E-state index is 0.00395. The van der Waals surface area contributed by atoms with Crippen molar-refractivity contribution in [3.8, 4) is 0 Å². The lowest BCUT2D eigenvalue weighted by Gasteiger charge is -2.24. The highest BCUT2D eigenvalue weighted by Gasteiger charge is 2.28. The van der Waals surface area contributed by atoms with E-state index in [1.165, 1.54) is 28.6 Å². The Hall–Kier alpha value is -1.96. The SMILES string of the molecule is CCN(c1ccccc1)S(=O)(=O)c1cc(C(=O)Nc2ccc(Cl)c(Cl)c2)c(Cl)cc1Cl. The number of halogens is 4. The third-order valence-electron chi connectivity index (χ3n) is 4.34. The van der Waals surface area contributed by atoms with Gasteiger partial charge in [-0.3, -0.25) is 9.10 Å². The van der Waals surface area contributed by atoms with Crippen LogP contribution < -0.4 is 9.62 Å². The number of hydrogen-bond acceptors (Lipinski definition) is 3. The Morgan fingerprint density at radius 3 is 2.16 bits per heavy atom. The van der Waals surface area contributed by atoms with E-state index in [0.29, 0.717) is 16.4 Å². The van der Waals surface area contributed by atoms with Gasteiger partial charge in [0.05, 0.1) is 31.3 Å². The third-order valence-corrected chi connectivity index (χ3v) is 7.76. The molecule has 1 N–H and O–H groups in total. The fraction of sp³-hybridized carbons (Fsp3) is 0.0952. The summed E-state index contributed by atoms with van der Waals surface area (Å²) in [6.45, 7) is 1.86. The highest BCUT2D eigenvalue weighted by atomic mass is 35.5. The molecule has 0 fully saturated rings. The number of sulfonamides is 1. The molecule has 3 aromatic rings. The molecule has 0 unspecified atom stereocenters. The quantitative estimate of drug-likeness (QED) is 0.392. The summed E-state index contributed by atoms with van der Waals surface area (Å²) in [5.74, 6) is -0.626. The number of para-hydroxylation sites is 1. The first kappa shape index (κ1) is 23.7. The predicted molar refractivity (Wildman–Crippen MR) is 128 cm³/mol. The lowest BCUT2D eigenvalue weighted by molar-refractivity contribution is 0.102. The minimum Gasteiger partial charge on any atom is -0.322 e. The van der Waals surface area contributed by atoms with Crippen LogP contribution >= 0.6 is 46.4 Å². The molecule has 0 saturated heterocycles. The minimum atomic E-state index is -4.07. The highest BCUT2D eigenvalue weighted by molar-refractivity contribution is 7.93. The molecular weight excluding hydrogens is 502 g/mol. The zero-order valence-electron chi connectivity index (χ0n) is 16.1. The third kappa shape index (κ3) is 5.10. The van der Waals surface area contributed by atoms with E-state index in [0.717, 1.165) is 0 Å². The number of nitrogens with one attached hydrogen (secondary N) is 1. The van der Waals surface area contributed by atoms with Crippen molar-refractivity contribution >= 4 is 73.7 Å². The molecule has 31 heavy (non-hydrogen) atoms. The molecule has 0 spiro atoms. The molecule has 0 aliphatic heterocycles. The van der Waals surface area contributed by atoms with Crippen LogP contribution in [-0.4, -0.2) is 20.9 Å². The van der Waals surface area contributed by atoms with Crippen LogP contribution in [0.2, 0.25) is 20.1 Å². The van der Waals surface area contributed by atoms with Gasteiger partial charge in [-0.2, -0.15) is 0 Å². The van der Waals surface area contributed by atoms with Crippen molar-refractivity contribution < 1.29 is 13.2 Å². The van der Waals surface area contributed by atoms with E-state index in [1.54, 1.807) is 43.3 Å². The van der Waals surface area contributed by atoms with E-state index in [2.05, 4.69) is 5.32 Å². The second-order valence-corrected chi connectivity index (χ2v) is 9.81. The Morgan fingerprint density at radius 2 is 1.55 bits per heavy atom. The summed E-state index contributed by atoms with van der Waals surface area (Å²) in [6, 6.07) is 15.5. The van der Waals surface area contributed by atoms with Crippen LogP contribution in [0.1, 0.15) is 17.3 Å². The fourth-order valence-corrected chi connectivity index (χ4v) is 5.49. The fourth-order valence-electron chi connectivity index (χ4n) is 2.88. The van der Waals surface area contributed by atoms with E-state index in [1.807, 2.05) is 0 Å². The van der Waals surface area contributed by atoms with Crippen molar-refractivity contribution in [1.82, 2.24) is 0 Å². The van der Waals surface area contributed by atoms with Gasteiger partial charge >= 0.3 is 0 Å². The van der Waals surface area contributed by atoms with Gasteiger partial charge in [0.1, 0.15) is 4.90 Å². The van der Waals surface area contributed by atoms with Crippen LogP contribution in [0, 0.1) is 0 Å². The van der Waals surface area contributed by atoms with Gasteiger partial charge in [0.25, 0.3) is 15.9 Å². The molecule has 1 amide bonds. The molecule has 0 aliphatic carbocycles. The zero-order valence-corrected chi connectivity index (χ0v) is 19.9. The topological polar surface area (TPSA) is 66.5 Å². The maximum atomic E-state index is 13.3. The summed E-state index contributed by atoms with van der Waals surface area (Å²) in [7, 11) is -4.07. The van der Waals surface area contributed by atoms with Crippen molar-refractivity contribution in [2.24, 2.45) is 0 Å². The second kappa shape index (κ2) is 9.67. The molecule has 0 heterocycles. The average molecular weight is 518 g/mol. The summed E-state index contributed by atoms with van der Waals surface area (Å²) in [5, 5.41) is 3.12. The number of nitrogens with zero attached hydrogens (tertiary/aromatic N) is 1. The Kier molecular flexibility index (Phi) is 7.39. The van der Waals surface area contributed by atoms with E-state index in [-0.39, 0.29) is 32.1 Å². The van der Waals surface area contributed by atoms with E-state index in [4.69, 9.17) is 46.4 Å². The molecule has 3 rings (SSSR count). The summed E-state index contributed by atoms with van der Waals surface area (Å²) in [4.78, 5) is 12.6. The van der Waals surface area contributed by atoms with E-state index < -0.39 is 15.9 Å². The van der Waals surface area contributed by atoms with E-state index >= 15 is 0 Å². The van der Waals surface area contributed by atoms with Crippen molar-refractivity contribution in [1.29, 1.82) is 0 Å². The highest BCUT2D eigenvalue weighted by Crippen LogP contribution is 2.33. The molecule has 5 nitrogen and oxygen atoms in total. The molecule has 10 heteroatoms. The standard InChI is InChI=1S/C21H16Cl4N2O3S/c1-2-27(14-6-4-3-5-7-14)31(29,30)20-11-15(17(23)12-19(20)25)21(28)26-13-8-9-16(22)18(24)10-13/h3-12H,2H2,1H3,(H,26,28). The van der Waals surface area contributed by atoms with Gasteiger partial charge in [-0.1, -0.05) is 64.6 Å². The molecule has 0 aromatic heterocycles. The first-order valence-corrected chi connectivity index (χ1v) is 11.9. The number of amides is 1. The molecule has 0 radical (unpaired) electrons. The maximum Gasteiger partial charge on any atom is 0.265 e. The average Bonchev–Trinajstić information content (AvgIpc) is 2.71. The van der Waals surface area contributed by atoms with E-state index in [9.17, 15) is 13.2 Å². The first-order chi connectivity index (χ1) is 14.6. The summed E-state index contributed by atoms with van der Waals surface area (Å²) in [6.07, 6.45) is 0. The van der Waals surface area contributed by atoms with Gasteiger partial charge in [-0.25, -0.2) is 8.42 Å². The number of anilines is 2. The Balaban J connectivity index is 2.02. The maximum absolute atomic E-state index is 13.3. The lowest BCUT2D eigenvalue weighted by Crippen LogP contribution is -2.31. The number of rotatable bonds is 6. The van der Waals surface area contributed by atoms with Crippen molar-refractivity contribution in [2.75, 3.05) is 16.2 Å². The zero-order chi connectivity index (χ0) is 22.8. The number of carbonyl (C=O) groups is 1. The van der Waals surface area contributed by atoms with Crippen LogP contribution in [0.5, 0.6) is 0 Å². The van der Waals surface area contributed by atoms with Crippen LogP contribution in [0.4, 0.5) is 11.4 Å². The monoisotopic (exact) mass is 516 g/mol. The second-order valence-electron chi connectivity index (χ2n) is 6.35. The van der Waals surface area contributed by atoms with Crippen molar-refractivity contribution in [2.45, 2.75) is 11.8 Å². The Bertz CT molecular complexity index is 1230. The van der Waals surface area contributed by atoms with Gasteiger partial charge in [-0.05, 0) is 49.4 Å². The van der Waals surface area contributed by atoms with Gasteiger partial charge in [-0.15, -0.1) is 0 Å². The first-order valence-electron chi connectivity index (χ1n) is 8.98. The lowest BCUT2D eigenvalue weighted by atomic mass is 10.2. The summed E-state index contributed by atoms with van der Waals surface area (Å²) in [5.41, 5.74) is 0.784. The molecule has 162 valence electrons. The Labute approximate surface area is 200 Å². The smallest absolute Gasteiger partial charge is 0.265 e. The largest absolute Gasteiger partial charge is 0.322 e. The molecule has 0 bridgehead atoms. The number of benzene rings is 3. The van der Waals surface area contributed by atoms with Gasteiger partial charge in [0.15, 0.2) is 0 Å². The molecule has 0 saturated carbocycles. The van der Waals surface area contributed by atoms with Gasteiger partial charge in [0.2, 0.25) is 0 Å². The predicted octanol–water partition coefficient (Wildman–Crippen LogP) is 6.77. The van der Waals surface area contributed by atoms with Gasteiger partial charge in [0, 0.05) is 12.2 Å². The number of hydrogen-bond donors (Lipinski definition) is 1.